The van der Waals surface area contributed by atoms with Crippen LogP contribution in [0, 0.1) is 5.92 Å². The van der Waals surface area contributed by atoms with Gasteiger partial charge in [-0.3, -0.25) is 0 Å². The van der Waals surface area contributed by atoms with E-state index in [-0.39, 0.29) is 21.9 Å². The minimum Gasteiger partial charge on any atom is -0.381 e. The first-order valence-corrected chi connectivity index (χ1v) is 8.38. The number of sulfonamides is 1. The molecule has 112 valence electrons. The van der Waals surface area contributed by atoms with Crippen LogP contribution >= 0.6 is 11.6 Å². The maximum absolute atomic E-state index is 12.4. The quantitative estimate of drug-likeness (QED) is 0.862. The molecule has 0 amide bonds. The van der Waals surface area contributed by atoms with Gasteiger partial charge in [0.15, 0.2) is 0 Å². The summed E-state index contributed by atoms with van der Waals surface area (Å²) in [5.41, 5.74) is 6.30. The fourth-order valence-electron chi connectivity index (χ4n) is 2.24. The topological polar surface area (TPSA) is 81.4 Å². The molecule has 5 nitrogen and oxygen atoms in total. The van der Waals surface area contributed by atoms with Crippen LogP contribution in [0.2, 0.25) is 5.02 Å². The summed E-state index contributed by atoms with van der Waals surface area (Å²) >= 11 is 6.04. The van der Waals surface area contributed by atoms with Gasteiger partial charge in [0.2, 0.25) is 10.0 Å². The molecular formula is C13H19ClN2O3S. The van der Waals surface area contributed by atoms with Crippen LogP contribution in [0.4, 0.5) is 0 Å². The Balaban J connectivity index is 2.17. The number of ether oxygens (including phenoxy) is 1. The Kier molecular flexibility index (Phi) is 5.04. The number of benzene rings is 1. The van der Waals surface area contributed by atoms with E-state index in [9.17, 15) is 8.42 Å². The summed E-state index contributed by atoms with van der Waals surface area (Å²) in [6.45, 7) is 3.44. The average Bonchev–Trinajstić information content (AvgIpc) is 2.91. The number of halogens is 1. The van der Waals surface area contributed by atoms with E-state index in [0.29, 0.717) is 19.8 Å². The number of rotatable bonds is 5. The first kappa shape index (κ1) is 15.7. The molecule has 0 aliphatic carbocycles. The van der Waals surface area contributed by atoms with E-state index in [0.717, 1.165) is 12.0 Å². The van der Waals surface area contributed by atoms with E-state index in [1.807, 2.05) is 6.92 Å². The molecule has 2 atom stereocenters. The van der Waals surface area contributed by atoms with E-state index in [2.05, 4.69) is 4.72 Å². The van der Waals surface area contributed by atoms with Crippen LogP contribution in [0.15, 0.2) is 23.1 Å². The second kappa shape index (κ2) is 6.41. The smallest absolute Gasteiger partial charge is 0.242 e. The van der Waals surface area contributed by atoms with Crippen LogP contribution in [-0.4, -0.2) is 27.7 Å². The lowest BCUT2D eigenvalue weighted by atomic mass is 10.0. The molecule has 7 heteroatoms. The molecule has 1 aliphatic rings. The van der Waals surface area contributed by atoms with Crippen molar-refractivity contribution in [2.75, 3.05) is 13.2 Å². The van der Waals surface area contributed by atoms with Crippen LogP contribution in [-0.2, 0) is 21.3 Å². The zero-order valence-corrected chi connectivity index (χ0v) is 12.9. The van der Waals surface area contributed by atoms with Gasteiger partial charge < -0.3 is 10.5 Å². The third-order valence-corrected chi connectivity index (χ3v) is 5.58. The summed E-state index contributed by atoms with van der Waals surface area (Å²) in [5.74, 6) is 0.201. The van der Waals surface area contributed by atoms with Gasteiger partial charge in [-0.2, -0.15) is 0 Å². The first-order valence-electron chi connectivity index (χ1n) is 6.52. The van der Waals surface area contributed by atoms with Crippen molar-refractivity contribution >= 4 is 21.6 Å². The fraction of sp³-hybridized carbons (Fsp3) is 0.538. The normalized spacial score (nSPS) is 21.1. The van der Waals surface area contributed by atoms with E-state index in [4.69, 9.17) is 22.1 Å². The molecule has 1 saturated heterocycles. The number of hydrogen-bond acceptors (Lipinski definition) is 4. The van der Waals surface area contributed by atoms with Crippen molar-refractivity contribution in [2.24, 2.45) is 11.7 Å². The van der Waals surface area contributed by atoms with Gasteiger partial charge in [-0.05, 0) is 31.0 Å². The van der Waals surface area contributed by atoms with Crippen LogP contribution in [0.5, 0.6) is 0 Å². The van der Waals surface area contributed by atoms with Gasteiger partial charge in [0.05, 0.1) is 11.6 Å². The van der Waals surface area contributed by atoms with Crippen molar-refractivity contribution in [2.45, 2.75) is 30.8 Å². The molecule has 2 unspecified atom stereocenters. The summed E-state index contributed by atoms with van der Waals surface area (Å²) in [6, 6.07) is 4.56. The SMILES string of the molecule is CC(NS(=O)(=O)c1ccc(CN)cc1Cl)C1CCOC1. The van der Waals surface area contributed by atoms with Gasteiger partial charge in [0.1, 0.15) is 4.90 Å². The van der Waals surface area contributed by atoms with Crippen molar-refractivity contribution < 1.29 is 13.2 Å². The van der Waals surface area contributed by atoms with Crippen molar-refractivity contribution in [3.8, 4) is 0 Å². The fourth-order valence-corrected chi connectivity index (χ4v) is 4.12. The highest BCUT2D eigenvalue weighted by Crippen LogP contribution is 2.24. The minimum atomic E-state index is -3.63. The first-order chi connectivity index (χ1) is 9.44. The molecule has 2 rings (SSSR count). The average molecular weight is 319 g/mol. The molecule has 3 N–H and O–H groups in total. The maximum Gasteiger partial charge on any atom is 0.242 e. The number of hydrogen-bond donors (Lipinski definition) is 2. The van der Waals surface area contributed by atoms with Crippen molar-refractivity contribution in [3.63, 3.8) is 0 Å². The van der Waals surface area contributed by atoms with E-state index < -0.39 is 10.0 Å². The molecule has 1 aliphatic heterocycles. The summed E-state index contributed by atoms with van der Waals surface area (Å²) in [5, 5.41) is 0.190. The highest BCUT2D eigenvalue weighted by Gasteiger charge is 2.27. The molecule has 1 aromatic carbocycles. The second-order valence-corrected chi connectivity index (χ2v) is 7.09. The molecule has 0 saturated carbocycles. The minimum absolute atomic E-state index is 0.0853. The van der Waals surface area contributed by atoms with Crippen LogP contribution in [0.1, 0.15) is 18.9 Å². The highest BCUT2D eigenvalue weighted by atomic mass is 35.5. The largest absolute Gasteiger partial charge is 0.381 e. The van der Waals surface area contributed by atoms with Crippen molar-refractivity contribution in [1.29, 1.82) is 0 Å². The summed E-state index contributed by atoms with van der Waals surface area (Å²) in [7, 11) is -3.63. The Morgan fingerprint density at radius 3 is 2.85 bits per heavy atom. The molecule has 0 radical (unpaired) electrons. The molecule has 20 heavy (non-hydrogen) atoms. The third kappa shape index (κ3) is 3.51. The van der Waals surface area contributed by atoms with E-state index in [1.54, 1.807) is 12.1 Å². The standard InChI is InChI=1S/C13H19ClN2O3S/c1-9(11-4-5-19-8-11)16-20(17,18)13-3-2-10(7-15)6-12(13)14/h2-3,6,9,11,16H,4-5,7-8,15H2,1H3. The zero-order chi connectivity index (χ0) is 14.8. The van der Waals surface area contributed by atoms with Gasteiger partial charge in [-0.25, -0.2) is 13.1 Å². The Hall–Kier alpha value is -0.660. The van der Waals surface area contributed by atoms with Gasteiger partial charge in [-0.1, -0.05) is 17.7 Å². The van der Waals surface area contributed by atoms with Crippen LogP contribution in [0.3, 0.4) is 0 Å². The molecule has 1 aromatic rings. The van der Waals surface area contributed by atoms with E-state index >= 15 is 0 Å². The molecule has 1 heterocycles. The lowest BCUT2D eigenvalue weighted by molar-refractivity contribution is 0.180. The van der Waals surface area contributed by atoms with E-state index in [1.165, 1.54) is 6.07 Å². The molecule has 0 aromatic heterocycles. The van der Waals surface area contributed by atoms with Crippen molar-refractivity contribution in [3.05, 3.63) is 28.8 Å². The van der Waals surface area contributed by atoms with Gasteiger partial charge in [0.25, 0.3) is 0 Å². The number of nitrogens with one attached hydrogen (secondary N) is 1. The summed E-state index contributed by atoms with van der Waals surface area (Å²) in [6.07, 6.45) is 0.865. The Bertz CT molecular complexity index is 571. The predicted molar refractivity (Wildman–Crippen MR) is 78.1 cm³/mol. The van der Waals surface area contributed by atoms with Crippen LogP contribution < -0.4 is 10.5 Å². The Morgan fingerprint density at radius 2 is 2.30 bits per heavy atom. The Morgan fingerprint density at radius 1 is 1.55 bits per heavy atom. The maximum atomic E-state index is 12.4. The zero-order valence-electron chi connectivity index (χ0n) is 11.3. The van der Waals surface area contributed by atoms with Gasteiger partial charge in [-0.15, -0.1) is 0 Å². The predicted octanol–water partition coefficient (Wildman–Crippen LogP) is 1.50. The van der Waals surface area contributed by atoms with Crippen LogP contribution in [0.25, 0.3) is 0 Å². The molecule has 1 fully saturated rings. The molecule has 0 bridgehead atoms. The van der Waals surface area contributed by atoms with Crippen molar-refractivity contribution in [1.82, 2.24) is 4.72 Å². The lowest BCUT2D eigenvalue weighted by Crippen LogP contribution is -2.38. The second-order valence-electron chi connectivity index (χ2n) is 5.00. The highest BCUT2D eigenvalue weighted by molar-refractivity contribution is 7.89. The lowest BCUT2D eigenvalue weighted by Gasteiger charge is -2.19. The third-order valence-electron chi connectivity index (χ3n) is 3.53. The van der Waals surface area contributed by atoms with Gasteiger partial charge >= 0.3 is 0 Å². The number of nitrogens with two attached hydrogens (primary N) is 1. The summed E-state index contributed by atoms with van der Waals surface area (Å²) < 4.78 is 32.7. The Labute approximate surface area is 124 Å². The molecular weight excluding hydrogens is 300 g/mol. The van der Waals surface area contributed by atoms with Gasteiger partial charge in [0, 0.05) is 25.1 Å². The molecule has 0 spiro atoms. The monoisotopic (exact) mass is 318 g/mol. The summed E-state index contributed by atoms with van der Waals surface area (Å²) in [4.78, 5) is 0.0853.